The van der Waals surface area contributed by atoms with Crippen LogP contribution in [0, 0.1) is 5.92 Å². The number of rotatable bonds is 4. The molecule has 1 heterocycles. The van der Waals surface area contributed by atoms with E-state index in [0.29, 0.717) is 12.5 Å². The molecule has 1 atom stereocenters. The summed E-state index contributed by atoms with van der Waals surface area (Å²) in [6.45, 7) is 5.98. The molecule has 4 nitrogen and oxygen atoms in total. The first-order valence-corrected chi connectivity index (χ1v) is 7.82. The molecule has 1 unspecified atom stereocenters. The topological polar surface area (TPSA) is 44.9 Å². The van der Waals surface area contributed by atoms with Crippen molar-refractivity contribution in [3.05, 3.63) is 35.4 Å². The molecular formula is C17H28N4. The van der Waals surface area contributed by atoms with Gasteiger partial charge >= 0.3 is 0 Å². The van der Waals surface area contributed by atoms with Crippen molar-refractivity contribution in [1.29, 1.82) is 0 Å². The van der Waals surface area contributed by atoms with Crippen molar-refractivity contribution in [1.82, 2.24) is 9.80 Å². The quantitative estimate of drug-likeness (QED) is 0.683. The van der Waals surface area contributed by atoms with Crippen LogP contribution in [0.3, 0.4) is 0 Å². The third kappa shape index (κ3) is 5.05. The first-order chi connectivity index (χ1) is 10.0. The maximum absolute atomic E-state index is 6.14. The summed E-state index contributed by atoms with van der Waals surface area (Å²) in [5, 5.41) is 0. The van der Waals surface area contributed by atoms with Crippen molar-refractivity contribution < 1.29 is 0 Å². The number of hydrogen-bond acceptors (Lipinski definition) is 2. The second kappa shape index (κ2) is 7.46. The molecule has 1 aromatic carbocycles. The van der Waals surface area contributed by atoms with Gasteiger partial charge in [-0.2, -0.15) is 0 Å². The predicted molar refractivity (Wildman–Crippen MR) is 89.1 cm³/mol. The second-order valence-corrected chi connectivity index (χ2v) is 6.43. The Morgan fingerprint density at radius 1 is 1.38 bits per heavy atom. The van der Waals surface area contributed by atoms with Gasteiger partial charge in [-0.1, -0.05) is 31.2 Å². The van der Waals surface area contributed by atoms with Crippen LogP contribution in [0.2, 0.25) is 0 Å². The van der Waals surface area contributed by atoms with Crippen LogP contribution in [-0.4, -0.2) is 42.9 Å². The van der Waals surface area contributed by atoms with Crippen molar-refractivity contribution in [2.45, 2.75) is 32.9 Å². The molecule has 2 rings (SSSR count). The summed E-state index contributed by atoms with van der Waals surface area (Å²) >= 11 is 0. The fraction of sp³-hybridized carbons (Fsp3) is 0.588. The molecule has 1 aliphatic rings. The molecule has 1 fully saturated rings. The Labute approximate surface area is 128 Å². The van der Waals surface area contributed by atoms with Crippen LogP contribution in [0.15, 0.2) is 29.3 Å². The molecule has 4 heteroatoms. The lowest BCUT2D eigenvalue weighted by molar-refractivity contribution is 0.270. The highest BCUT2D eigenvalue weighted by atomic mass is 15.3. The van der Waals surface area contributed by atoms with Gasteiger partial charge in [0.15, 0.2) is 5.96 Å². The Hall–Kier alpha value is -1.55. The van der Waals surface area contributed by atoms with Gasteiger partial charge in [0.25, 0.3) is 0 Å². The Morgan fingerprint density at radius 3 is 2.86 bits per heavy atom. The average molecular weight is 288 g/mol. The minimum Gasteiger partial charge on any atom is -0.370 e. The number of piperidine rings is 1. The molecule has 21 heavy (non-hydrogen) atoms. The minimum absolute atomic E-state index is 0.665. The lowest BCUT2D eigenvalue weighted by atomic mass is 10.0. The number of guanidine groups is 1. The fourth-order valence-electron chi connectivity index (χ4n) is 2.86. The standard InChI is InChI=1S/C17H28N4/c1-14-6-5-9-21(12-14)17(18)19-11-15-7-4-8-16(10-15)13-20(2)3/h4,7-8,10,14H,5-6,9,11-13H2,1-3H3,(H2,18,19). The van der Waals surface area contributed by atoms with Crippen LogP contribution in [0.25, 0.3) is 0 Å². The van der Waals surface area contributed by atoms with E-state index in [2.05, 4.69) is 60.1 Å². The van der Waals surface area contributed by atoms with E-state index in [1.165, 1.54) is 24.0 Å². The Balaban J connectivity index is 1.96. The third-order valence-corrected chi connectivity index (χ3v) is 3.89. The molecule has 116 valence electrons. The zero-order valence-electron chi connectivity index (χ0n) is 13.5. The van der Waals surface area contributed by atoms with Gasteiger partial charge in [0.2, 0.25) is 0 Å². The SMILES string of the molecule is CC1CCCN(C(N)=NCc2cccc(CN(C)C)c2)C1. The summed E-state index contributed by atoms with van der Waals surface area (Å²) in [6, 6.07) is 8.59. The van der Waals surface area contributed by atoms with Crippen molar-refractivity contribution in [3.63, 3.8) is 0 Å². The summed E-state index contributed by atoms with van der Waals surface area (Å²) in [6.07, 6.45) is 2.52. The molecule has 1 saturated heterocycles. The Kier molecular flexibility index (Phi) is 5.62. The molecule has 0 aromatic heterocycles. The number of nitrogens with zero attached hydrogens (tertiary/aromatic N) is 3. The van der Waals surface area contributed by atoms with Crippen LogP contribution in [0.5, 0.6) is 0 Å². The zero-order valence-corrected chi connectivity index (χ0v) is 13.5. The van der Waals surface area contributed by atoms with Crippen LogP contribution in [0.4, 0.5) is 0 Å². The first kappa shape index (κ1) is 15.8. The maximum Gasteiger partial charge on any atom is 0.191 e. The Bertz CT molecular complexity index is 481. The van der Waals surface area contributed by atoms with Crippen molar-refractivity contribution in [2.75, 3.05) is 27.2 Å². The van der Waals surface area contributed by atoms with Gasteiger partial charge in [-0.15, -0.1) is 0 Å². The van der Waals surface area contributed by atoms with Gasteiger partial charge in [-0.25, -0.2) is 4.99 Å². The van der Waals surface area contributed by atoms with Gasteiger partial charge < -0.3 is 15.5 Å². The molecule has 0 radical (unpaired) electrons. The van der Waals surface area contributed by atoms with Gasteiger partial charge in [0.1, 0.15) is 0 Å². The highest BCUT2D eigenvalue weighted by Crippen LogP contribution is 2.15. The lowest BCUT2D eigenvalue weighted by Gasteiger charge is -2.31. The largest absolute Gasteiger partial charge is 0.370 e. The van der Waals surface area contributed by atoms with E-state index in [0.717, 1.165) is 25.6 Å². The minimum atomic E-state index is 0.665. The lowest BCUT2D eigenvalue weighted by Crippen LogP contribution is -2.43. The molecule has 0 aliphatic carbocycles. The first-order valence-electron chi connectivity index (χ1n) is 7.82. The number of likely N-dealkylation sites (tertiary alicyclic amines) is 1. The van der Waals surface area contributed by atoms with Crippen LogP contribution in [-0.2, 0) is 13.1 Å². The molecule has 0 spiro atoms. The summed E-state index contributed by atoms with van der Waals surface area (Å²) in [7, 11) is 4.17. The van der Waals surface area contributed by atoms with E-state index < -0.39 is 0 Å². The Morgan fingerprint density at radius 2 is 2.14 bits per heavy atom. The van der Waals surface area contributed by atoms with Gasteiger partial charge in [0, 0.05) is 19.6 Å². The number of hydrogen-bond donors (Lipinski definition) is 1. The predicted octanol–water partition coefficient (Wildman–Crippen LogP) is 2.29. The summed E-state index contributed by atoms with van der Waals surface area (Å²) in [5.74, 6) is 1.41. The summed E-state index contributed by atoms with van der Waals surface area (Å²) in [5.41, 5.74) is 8.69. The zero-order chi connectivity index (χ0) is 15.2. The normalized spacial score (nSPS) is 20.1. The average Bonchev–Trinajstić information content (AvgIpc) is 2.44. The van der Waals surface area contributed by atoms with E-state index in [1.54, 1.807) is 0 Å². The number of nitrogens with two attached hydrogens (primary N) is 1. The highest BCUT2D eigenvalue weighted by Gasteiger charge is 2.17. The molecule has 1 aromatic rings. The van der Waals surface area contributed by atoms with Crippen molar-refractivity contribution >= 4 is 5.96 Å². The van der Waals surface area contributed by atoms with Crippen molar-refractivity contribution in [3.8, 4) is 0 Å². The van der Waals surface area contributed by atoms with E-state index in [4.69, 9.17) is 5.73 Å². The molecule has 2 N–H and O–H groups in total. The molecule has 0 amide bonds. The molecule has 0 bridgehead atoms. The molecule has 1 aliphatic heterocycles. The maximum atomic E-state index is 6.14. The van der Waals surface area contributed by atoms with Gasteiger partial charge in [-0.05, 0) is 44.0 Å². The third-order valence-electron chi connectivity index (χ3n) is 3.89. The molecular weight excluding hydrogens is 260 g/mol. The van der Waals surface area contributed by atoms with E-state index in [1.807, 2.05) is 0 Å². The van der Waals surface area contributed by atoms with Crippen LogP contribution < -0.4 is 5.73 Å². The van der Waals surface area contributed by atoms with E-state index in [-0.39, 0.29) is 0 Å². The monoisotopic (exact) mass is 288 g/mol. The summed E-state index contributed by atoms with van der Waals surface area (Å²) < 4.78 is 0. The van der Waals surface area contributed by atoms with E-state index in [9.17, 15) is 0 Å². The van der Waals surface area contributed by atoms with Crippen LogP contribution >= 0.6 is 0 Å². The molecule has 0 saturated carbocycles. The van der Waals surface area contributed by atoms with Crippen molar-refractivity contribution in [2.24, 2.45) is 16.6 Å². The van der Waals surface area contributed by atoms with Gasteiger partial charge in [0.05, 0.1) is 6.54 Å². The number of aliphatic imine (C=N–C) groups is 1. The van der Waals surface area contributed by atoms with Crippen LogP contribution in [0.1, 0.15) is 30.9 Å². The summed E-state index contributed by atoms with van der Waals surface area (Å²) in [4.78, 5) is 8.97. The van der Waals surface area contributed by atoms with Gasteiger partial charge in [-0.3, -0.25) is 0 Å². The second-order valence-electron chi connectivity index (χ2n) is 6.43. The highest BCUT2D eigenvalue weighted by molar-refractivity contribution is 5.78. The fourth-order valence-corrected chi connectivity index (χ4v) is 2.86. The number of benzene rings is 1. The smallest absolute Gasteiger partial charge is 0.191 e. The van der Waals surface area contributed by atoms with E-state index >= 15 is 0 Å².